The smallest absolute Gasteiger partial charge is 0.236 e. The minimum atomic E-state index is -3.26. The Kier molecular flexibility index (Phi) is 3.29. The van der Waals surface area contributed by atoms with Crippen molar-refractivity contribution in [2.45, 2.75) is 12.6 Å². The van der Waals surface area contributed by atoms with Crippen molar-refractivity contribution >= 4 is 15.7 Å². The zero-order chi connectivity index (χ0) is 7.44. The highest BCUT2D eigenvalue weighted by Crippen LogP contribution is 2.00. The Hall–Kier alpha value is -0.520. The van der Waals surface area contributed by atoms with E-state index in [1.165, 1.54) is 0 Å². The molecule has 9 heavy (non-hydrogen) atoms. The maximum absolute atomic E-state index is 11.6. The van der Waals surface area contributed by atoms with Gasteiger partial charge in [0, 0.05) is 0 Å². The molecule has 0 N–H and O–H groups in total. The largest absolute Gasteiger partial charge is 0.273 e. The van der Waals surface area contributed by atoms with Crippen LogP contribution >= 0.6 is 0 Å². The minimum Gasteiger partial charge on any atom is -0.236 e. The van der Waals surface area contributed by atoms with Crippen LogP contribution in [0.1, 0.15) is 0 Å². The van der Waals surface area contributed by atoms with E-state index in [1.54, 1.807) is 0 Å². The summed E-state index contributed by atoms with van der Waals surface area (Å²) in [5.74, 6) is 0. The first-order chi connectivity index (χ1) is 4.04. The highest BCUT2D eigenvalue weighted by molar-refractivity contribution is 7.71. The molecule has 1 unspecified atom stereocenters. The molecule has 0 aliphatic rings. The van der Waals surface area contributed by atoms with Crippen LogP contribution in [0.4, 0.5) is 13.2 Å². The average molecular weight is 160 g/mol. The molecule has 1 atom stereocenters. The standard InChI is InChI=1S/C3H3F3O2S/c4-2(3(5)6)1-9(7)8/h1-3H. The lowest BCUT2D eigenvalue weighted by atomic mass is 10.5. The summed E-state index contributed by atoms with van der Waals surface area (Å²) >= 11 is 0. The van der Waals surface area contributed by atoms with Gasteiger partial charge in [-0.1, -0.05) is 0 Å². The highest BCUT2D eigenvalue weighted by Gasteiger charge is 2.16. The second kappa shape index (κ2) is 3.49. The molecule has 0 radical (unpaired) electrons. The van der Waals surface area contributed by atoms with Crippen molar-refractivity contribution in [1.82, 2.24) is 0 Å². The molecular weight excluding hydrogens is 157 g/mol. The second-order valence-corrected chi connectivity index (χ2v) is 1.97. The van der Waals surface area contributed by atoms with Gasteiger partial charge in [-0.25, -0.2) is 13.2 Å². The third kappa shape index (κ3) is 4.01. The molecule has 0 saturated heterocycles. The lowest BCUT2D eigenvalue weighted by Crippen LogP contribution is -2.13. The maximum atomic E-state index is 11.6. The quantitative estimate of drug-likeness (QED) is 0.543. The van der Waals surface area contributed by atoms with Gasteiger partial charge >= 0.3 is 0 Å². The van der Waals surface area contributed by atoms with E-state index in [0.29, 0.717) is 0 Å². The Bertz CT molecular complexity index is 187. The highest BCUT2D eigenvalue weighted by atomic mass is 32.2. The molecule has 0 bridgehead atoms. The number of hydrogen-bond donors (Lipinski definition) is 0. The first-order valence-electron chi connectivity index (χ1n) is 1.89. The topological polar surface area (TPSA) is 34.1 Å². The first-order valence-corrected chi connectivity index (χ1v) is 3.03. The van der Waals surface area contributed by atoms with Crippen LogP contribution in [0, 0.1) is 0 Å². The molecule has 0 saturated carbocycles. The van der Waals surface area contributed by atoms with Crippen molar-refractivity contribution in [2.75, 3.05) is 0 Å². The second-order valence-electron chi connectivity index (χ2n) is 1.18. The summed E-state index contributed by atoms with van der Waals surface area (Å²) in [7, 11) is -2.85. The van der Waals surface area contributed by atoms with Crippen LogP contribution in [0.25, 0.3) is 0 Å². The van der Waals surface area contributed by atoms with Gasteiger partial charge in [0.2, 0.25) is 10.3 Å². The summed E-state index contributed by atoms with van der Waals surface area (Å²) in [5.41, 5.74) is 0. The average Bonchev–Trinajstić information content (AvgIpc) is 1.63. The summed E-state index contributed by atoms with van der Waals surface area (Å²) < 4.78 is 52.8. The van der Waals surface area contributed by atoms with Gasteiger partial charge in [0.25, 0.3) is 6.43 Å². The molecule has 0 heterocycles. The molecule has 0 aliphatic carbocycles. The molecule has 0 amide bonds. The van der Waals surface area contributed by atoms with Crippen molar-refractivity contribution in [2.24, 2.45) is 0 Å². The van der Waals surface area contributed by atoms with Crippen LogP contribution in [-0.2, 0) is 10.3 Å². The van der Waals surface area contributed by atoms with E-state index in [-0.39, 0.29) is 5.37 Å². The molecule has 0 aromatic heterocycles. The maximum Gasteiger partial charge on any atom is 0.273 e. The van der Waals surface area contributed by atoms with Crippen LogP contribution in [0.15, 0.2) is 0 Å². The predicted molar refractivity (Wildman–Crippen MR) is 25.9 cm³/mol. The Balaban J connectivity index is 4.08. The minimum absolute atomic E-state index is 0.0926. The number of alkyl halides is 3. The summed E-state index contributed by atoms with van der Waals surface area (Å²) in [5, 5.41) is -0.0926. The molecule has 0 spiro atoms. The summed E-state index contributed by atoms with van der Waals surface area (Å²) in [6.07, 6.45) is -5.94. The molecule has 0 aliphatic heterocycles. The first kappa shape index (κ1) is 8.48. The zero-order valence-electron chi connectivity index (χ0n) is 4.09. The third-order valence-corrected chi connectivity index (χ3v) is 0.964. The fraction of sp³-hybridized carbons (Fsp3) is 0.667. The third-order valence-electron chi connectivity index (χ3n) is 0.482. The summed E-state index contributed by atoms with van der Waals surface area (Å²) in [6.45, 7) is 0. The van der Waals surface area contributed by atoms with E-state index in [0.717, 1.165) is 0 Å². The lowest BCUT2D eigenvalue weighted by molar-refractivity contribution is 0.0876. The van der Waals surface area contributed by atoms with Gasteiger partial charge in [-0.15, -0.1) is 0 Å². The zero-order valence-corrected chi connectivity index (χ0v) is 4.91. The van der Waals surface area contributed by atoms with Crippen LogP contribution < -0.4 is 0 Å². The fourth-order valence-corrected chi connectivity index (χ4v) is 0.497. The SMILES string of the molecule is O=S(=O)=CC(F)C(F)F. The molecule has 0 aromatic rings. The fourth-order valence-electron chi connectivity index (χ4n) is 0.166. The molecular formula is C3H3F3O2S. The van der Waals surface area contributed by atoms with Crippen molar-refractivity contribution in [3.63, 3.8) is 0 Å². The van der Waals surface area contributed by atoms with Crippen molar-refractivity contribution in [3.8, 4) is 0 Å². The molecule has 6 heteroatoms. The van der Waals surface area contributed by atoms with Crippen LogP contribution in [0.3, 0.4) is 0 Å². The molecule has 2 nitrogen and oxygen atoms in total. The van der Waals surface area contributed by atoms with E-state index in [2.05, 4.69) is 0 Å². The van der Waals surface area contributed by atoms with Crippen LogP contribution in [-0.4, -0.2) is 26.4 Å². The van der Waals surface area contributed by atoms with Crippen molar-refractivity contribution in [1.29, 1.82) is 0 Å². The Labute approximate surface area is 50.8 Å². The van der Waals surface area contributed by atoms with Crippen LogP contribution in [0.2, 0.25) is 0 Å². The van der Waals surface area contributed by atoms with Gasteiger partial charge in [-0.2, -0.15) is 8.42 Å². The number of hydrogen-bond acceptors (Lipinski definition) is 2. The van der Waals surface area contributed by atoms with E-state index >= 15 is 0 Å². The van der Waals surface area contributed by atoms with Gasteiger partial charge in [0.1, 0.15) is 0 Å². The van der Waals surface area contributed by atoms with Gasteiger partial charge in [-0.05, 0) is 0 Å². The van der Waals surface area contributed by atoms with Gasteiger partial charge < -0.3 is 0 Å². The van der Waals surface area contributed by atoms with E-state index < -0.39 is 22.9 Å². The Morgan fingerprint density at radius 2 is 1.67 bits per heavy atom. The van der Waals surface area contributed by atoms with Gasteiger partial charge in [0.05, 0.1) is 5.37 Å². The van der Waals surface area contributed by atoms with Crippen molar-refractivity contribution in [3.05, 3.63) is 0 Å². The Morgan fingerprint density at radius 1 is 1.22 bits per heavy atom. The number of rotatable bonds is 2. The summed E-state index contributed by atoms with van der Waals surface area (Å²) in [4.78, 5) is 0. The van der Waals surface area contributed by atoms with E-state index in [1.807, 2.05) is 0 Å². The van der Waals surface area contributed by atoms with Gasteiger partial charge in [0.15, 0.2) is 6.17 Å². The van der Waals surface area contributed by atoms with E-state index in [9.17, 15) is 21.6 Å². The Morgan fingerprint density at radius 3 is 1.78 bits per heavy atom. The monoisotopic (exact) mass is 160 g/mol. The molecule has 0 fully saturated rings. The number of halogens is 3. The molecule has 0 aromatic carbocycles. The summed E-state index contributed by atoms with van der Waals surface area (Å²) in [6, 6.07) is 0. The van der Waals surface area contributed by atoms with Crippen LogP contribution in [0.5, 0.6) is 0 Å². The van der Waals surface area contributed by atoms with Crippen molar-refractivity contribution < 1.29 is 21.6 Å². The van der Waals surface area contributed by atoms with E-state index in [4.69, 9.17) is 0 Å². The van der Waals surface area contributed by atoms with Gasteiger partial charge in [-0.3, -0.25) is 0 Å². The molecule has 54 valence electrons. The molecule has 0 rings (SSSR count). The lowest BCUT2D eigenvalue weighted by Gasteiger charge is -1.93. The predicted octanol–water partition coefficient (Wildman–Crippen LogP) is 0.271. The normalized spacial score (nSPS) is 13.3.